The topological polar surface area (TPSA) is 78.7 Å². The molecule has 0 aromatic heterocycles. The molecule has 0 radical (unpaired) electrons. The molecular formula is C13H15NO5. The van der Waals surface area contributed by atoms with Gasteiger partial charge in [0.1, 0.15) is 5.60 Å². The summed E-state index contributed by atoms with van der Waals surface area (Å²) < 4.78 is 0. The van der Waals surface area contributed by atoms with Crippen molar-refractivity contribution in [3.8, 4) is 0 Å². The molecular weight excluding hydrogens is 250 g/mol. The number of carbonyl (C=O) groups is 1. The lowest BCUT2D eigenvalue weighted by molar-refractivity contribution is -0.384. The van der Waals surface area contributed by atoms with Crippen LogP contribution in [0.2, 0.25) is 0 Å². The third-order valence-corrected chi connectivity index (χ3v) is 1.89. The van der Waals surface area contributed by atoms with E-state index in [0.29, 0.717) is 5.56 Å². The van der Waals surface area contributed by atoms with Crippen molar-refractivity contribution in [1.82, 2.24) is 0 Å². The number of rotatable bonds is 4. The fourth-order valence-electron chi connectivity index (χ4n) is 1.07. The Balaban J connectivity index is 2.56. The Labute approximate surface area is 110 Å². The normalized spacial score (nSPS) is 11.5. The van der Waals surface area contributed by atoms with E-state index in [1.807, 2.05) is 0 Å². The smallest absolute Gasteiger partial charge is 0.293 e. The Hall–Kier alpha value is -2.21. The number of carbonyl (C=O) groups excluding carboxylic acids is 1. The molecule has 0 bridgehead atoms. The summed E-state index contributed by atoms with van der Waals surface area (Å²) >= 11 is 0. The van der Waals surface area contributed by atoms with Crippen molar-refractivity contribution in [2.45, 2.75) is 26.4 Å². The van der Waals surface area contributed by atoms with Crippen molar-refractivity contribution >= 4 is 17.7 Å². The van der Waals surface area contributed by atoms with Crippen LogP contribution >= 0.6 is 0 Å². The fraction of sp³-hybridized carbons (Fsp3) is 0.308. The first-order chi connectivity index (χ1) is 8.78. The van der Waals surface area contributed by atoms with Crippen LogP contribution < -0.4 is 0 Å². The van der Waals surface area contributed by atoms with Crippen molar-refractivity contribution in [1.29, 1.82) is 0 Å². The molecule has 0 saturated heterocycles. The lowest BCUT2D eigenvalue weighted by Gasteiger charge is -2.15. The molecule has 0 fully saturated rings. The molecule has 6 heteroatoms. The maximum Gasteiger partial charge on any atom is 0.365 e. The molecule has 0 unspecified atom stereocenters. The number of hydrogen-bond donors (Lipinski definition) is 0. The van der Waals surface area contributed by atoms with Gasteiger partial charge in [-0.15, -0.1) is 0 Å². The highest BCUT2D eigenvalue weighted by atomic mass is 17.2. The Bertz CT molecular complexity index is 485. The minimum absolute atomic E-state index is 0.00390. The van der Waals surface area contributed by atoms with Gasteiger partial charge in [-0.2, -0.15) is 4.89 Å². The third kappa shape index (κ3) is 5.78. The molecule has 0 atom stereocenters. The summed E-state index contributed by atoms with van der Waals surface area (Å²) in [5.74, 6) is -0.645. The molecule has 6 nitrogen and oxygen atoms in total. The summed E-state index contributed by atoms with van der Waals surface area (Å²) in [4.78, 5) is 30.7. The molecule has 0 heterocycles. The van der Waals surface area contributed by atoms with Crippen LogP contribution in [0.3, 0.4) is 0 Å². The third-order valence-electron chi connectivity index (χ3n) is 1.89. The van der Waals surface area contributed by atoms with Crippen molar-refractivity contribution < 1.29 is 19.5 Å². The molecule has 102 valence electrons. The molecule has 1 aromatic rings. The van der Waals surface area contributed by atoms with Crippen LogP contribution in [0.25, 0.3) is 6.08 Å². The first-order valence-electron chi connectivity index (χ1n) is 5.60. The van der Waals surface area contributed by atoms with Crippen LogP contribution in [-0.2, 0) is 14.6 Å². The lowest BCUT2D eigenvalue weighted by Crippen LogP contribution is -2.21. The molecule has 0 amide bonds. The molecule has 19 heavy (non-hydrogen) atoms. The van der Waals surface area contributed by atoms with E-state index in [1.165, 1.54) is 36.4 Å². The van der Waals surface area contributed by atoms with Gasteiger partial charge in [-0.3, -0.25) is 15.0 Å². The van der Waals surface area contributed by atoms with E-state index in [4.69, 9.17) is 4.89 Å². The largest absolute Gasteiger partial charge is 0.365 e. The van der Waals surface area contributed by atoms with Gasteiger partial charge < -0.3 is 0 Å². The fourth-order valence-corrected chi connectivity index (χ4v) is 1.07. The highest BCUT2D eigenvalue weighted by Gasteiger charge is 2.13. The number of non-ortho nitro benzene ring substituents is 1. The summed E-state index contributed by atoms with van der Waals surface area (Å²) in [6, 6.07) is 5.78. The molecule has 1 rings (SSSR count). The lowest BCUT2D eigenvalue weighted by atomic mass is 10.2. The molecule has 0 aliphatic carbocycles. The van der Waals surface area contributed by atoms with E-state index in [9.17, 15) is 14.9 Å². The van der Waals surface area contributed by atoms with E-state index in [0.717, 1.165) is 0 Å². The van der Waals surface area contributed by atoms with E-state index >= 15 is 0 Å². The molecule has 0 N–H and O–H groups in total. The summed E-state index contributed by atoms with van der Waals surface area (Å²) in [7, 11) is 0. The number of nitrogens with zero attached hydrogens (tertiary/aromatic N) is 1. The van der Waals surface area contributed by atoms with Gasteiger partial charge >= 0.3 is 5.97 Å². The van der Waals surface area contributed by atoms with Gasteiger partial charge in [0.15, 0.2) is 0 Å². The predicted octanol–water partition coefficient (Wildman–Crippen LogP) is 2.88. The minimum atomic E-state index is -0.645. The number of nitro groups is 1. The van der Waals surface area contributed by atoms with Gasteiger partial charge in [-0.25, -0.2) is 4.79 Å². The zero-order valence-electron chi connectivity index (χ0n) is 11.0. The predicted molar refractivity (Wildman–Crippen MR) is 69.1 cm³/mol. The second-order valence-electron chi connectivity index (χ2n) is 4.78. The van der Waals surface area contributed by atoms with Gasteiger partial charge in [0.2, 0.25) is 0 Å². The average molecular weight is 265 g/mol. The van der Waals surface area contributed by atoms with E-state index in [1.54, 1.807) is 20.8 Å². The van der Waals surface area contributed by atoms with Crippen LogP contribution in [0.15, 0.2) is 30.3 Å². The van der Waals surface area contributed by atoms with Gasteiger partial charge in [-0.05, 0) is 44.5 Å². The van der Waals surface area contributed by atoms with Gasteiger partial charge in [0, 0.05) is 18.2 Å². The number of nitro benzene ring substituents is 1. The van der Waals surface area contributed by atoms with Crippen molar-refractivity contribution in [3.63, 3.8) is 0 Å². The van der Waals surface area contributed by atoms with E-state index in [-0.39, 0.29) is 5.69 Å². The van der Waals surface area contributed by atoms with Crippen molar-refractivity contribution in [2.75, 3.05) is 0 Å². The molecule has 1 aromatic carbocycles. The summed E-state index contributed by atoms with van der Waals surface area (Å²) in [6.45, 7) is 5.25. The van der Waals surface area contributed by atoms with Crippen LogP contribution in [0.4, 0.5) is 5.69 Å². The van der Waals surface area contributed by atoms with Crippen LogP contribution in [-0.4, -0.2) is 16.5 Å². The first-order valence-corrected chi connectivity index (χ1v) is 5.60. The standard InChI is InChI=1S/C13H15NO5/c1-13(2,3)19-18-12(15)9-6-10-4-7-11(8-5-10)14(16)17/h4-9H,1-3H3/b9-6+. The quantitative estimate of drug-likeness (QED) is 0.362. The SMILES string of the molecule is CC(C)(C)OOC(=O)/C=C/c1ccc([N+](=O)[O-])cc1. The van der Waals surface area contributed by atoms with Crippen LogP contribution in [0.1, 0.15) is 26.3 Å². The monoisotopic (exact) mass is 265 g/mol. The Morgan fingerprint density at radius 2 is 1.84 bits per heavy atom. The van der Waals surface area contributed by atoms with Crippen molar-refractivity contribution in [2.24, 2.45) is 0 Å². The highest BCUT2D eigenvalue weighted by molar-refractivity contribution is 5.86. The maximum absolute atomic E-state index is 11.3. The Morgan fingerprint density at radius 1 is 1.26 bits per heavy atom. The Kier molecular flexibility index (Phi) is 4.77. The molecule has 0 aliphatic rings. The number of hydrogen-bond acceptors (Lipinski definition) is 5. The molecule has 0 spiro atoms. The summed E-state index contributed by atoms with van der Waals surface area (Å²) in [6.07, 6.45) is 2.67. The van der Waals surface area contributed by atoms with Gasteiger partial charge in [-0.1, -0.05) is 0 Å². The maximum atomic E-state index is 11.3. The molecule has 0 aliphatic heterocycles. The second-order valence-corrected chi connectivity index (χ2v) is 4.78. The van der Waals surface area contributed by atoms with Crippen molar-refractivity contribution in [3.05, 3.63) is 46.0 Å². The summed E-state index contributed by atoms with van der Waals surface area (Å²) in [5.41, 5.74) is 0.0748. The Morgan fingerprint density at radius 3 is 2.32 bits per heavy atom. The minimum Gasteiger partial charge on any atom is -0.293 e. The summed E-state index contributed by atoms with van der Waals surface area (Å²) in [5, 5.41) is 10.5. The van der Waals surface area contributed by atoms with Gasteiger partial charge in [0.25, 0.3) is 5.69 Å². The average Bonchev–Trinajstić information content (AvgIpc) is 2.33. The zero-order chi connectivity index (χ0) is 14.5. The number of benzene rings is 1. The van der Waals surface area contributed by atoms with Gasteiger partial charge in [0.05, 0.1) is 4.92 Å². The zero-order valence-corrected chi connectivity index (χ0v) is 11.0. The molecule has 0 saturated carbocycles. The van der Waals surface area contributed by atoms with Crippen LogP contribution in [0, 0.1) is 10.1 Å². The van der Waals surface area contributed by atoms with E-state index < -0.39 is 16.5 Å². The second kappa shape index (κ2) is 6.10. The highest BCUT2D eigenvalue weighted by Crippen LogP contribution is 2.13. The van der Waals surface area contributed by atoms with Crippen LogP contribution in [0.5, 0.6) is 0 Å². The van der Waals surface area contributed by atoms with E-state index in [2.05, 4.69) is 4.89 Å². The first kappa shape index (κ1) is 14.8.